The lowest BCUT2D eigenvalue weighted by atomic mass is 9.87. The average molecular weight is 445 g/mol. The number of benzene rings is 2. The van der Waals surface area contributed by atoms with Crippen molar-refractivity contribution in [3.05, 3.63) is 64.4 Å². The van der Waals surface area contributed by atoms with E-state index in [1.807, 2.05) is 6.92 Å². The van der Waals surface area contributed by atoms with Crippen molar-refractivity contribution in [1.29, 1.82) is 0 Å². The van der Waals surface area contributed by atoms with Crippen molar-refractivity contribution in [3.63, 3.8) is 0 Å². The highest BCUT2D eigenvalue weighted by Crippen LogP contribution is 2.29. The Hall–Kier alpha value is -2.20. The second-order valence-corrected chi connectivity index (χ2v) is 8.58. The van der Waals surface area contributed by atoms with Gasteiger partial charge in [-0.05, 0) is 43.2 Å². The van der Waals surface area contributed by atoms with E-state index in [9.17, 15) is 17.6 Å². The molecule has 3 rings (SSSR count). The topological polar surface area (TPSA) is 121 Å². The Morgan fingerprint density at radius 1 is 1.24 bits per heavy atom. The fourth-order valence-electron chi connectivity index (χ4n) is 2.95. The van der Waals surface area contributed by atoms with E-state index < -0.39 is 22.0 Å². The Kier molecular flexibility index (Phi) is 7.59. The first-order chi connectivity index (χ1) is 13.5. The number of aryl methyl sites for hydroxylation is 1. The number of halogens is 2. The summed E-state index contributed by atoms with van der Waals surface area (Å²) in [5.41, 5.74) is 7.74. The number of nitrogens with two attached hydrogens (primary N) is 1. The molecule has 1 aliphatic heterocycles. The largest absolute Gasteiger partial charge is 0.465 e. The van der Waals surface area contributed by atoms with Crippen LogP contribution in [0, 0.1) is 12.7 Å². The molecule has 158 valence electrons. The van der Waals surface area contributed by atoms with Gasteiger partial charge in [0.05, 0.1) is 9.92 Å². The van der Waals surface area contributed by atoms with Gasteiger partial charge in [-0.15, -0.1) is 0 Å². The zero-order chi connectivity index (χ0) is 21.8. The fraction of sp³-hybridized carbons (Fsp3) is 0.316. The maximum atomic E-state index is 13.1. The van der Waals surface area contributed by atoms with Crippen LogP contribution >= 0.6 is 11.6 Å². The van der Waals surface area contributed by atoms with Crippen LogP contribution in [-0.2, 0) is 10.1 Å². The quantitative estimate of drug-likeness (QED) is 0.609. The van der Waals surface area contributed by atoms with Crippen LogP contribution < -0.4 is 5.73 Å². The Morgan fingerprint density at radius 3 is 2.38 bits per heavy atom. The van der Waals surface area contributed by atoms with Gasteiger partial charge < -0.3 is 15.7 Å². The SMILES string of the molecule is Cc1ccc(S(=O)(=O)O)cc1.NC1CCN(C(=O)O)CC1c1ccc(F)c(Cl)c1. The van der Waals surface area contributed by atoms with Crippen LogP contribution in [0.4, 0.5) is 9.18 Å². The predicted octanol–water partition coefficient (Wildman–Crippen LogP) is 3.52. The van der Waals surface area contributed by atoms with E-state index in [0.717, 1.165) is 11.1 Å². The van der Waals surface area contributed by atoms with E-state index in [1.165, 1.54) is 29.2 Å². The van der Waals surface area contributed by atoms with Gasteiger partial charge in [-0.2, -0.15) is 8.42 Å². The lowest BCUT2D eigenvalue weighted by Crippen LogP contribution is -2.47. The first kappa shape index (κ1) is 23.1. The number of carbonyl (C=O) groups is 1. The van der Waals surface area contributed by atoms with Crippen LogP contribution in [-0.4, -0.2) is 48.2 Å². The minimum absolute atomic E-state index is 0.0344. The number of hydrogen-bond donors (Lipinski definition) is 3. The molecule has 2 atom stereocenters. The summed E-state index contributed by atoms with van der Waals surface area (Å²) >= 11 is 5.73. The second-order valence-electron chi connectivity index (χ2n) is 6.75. The standard InChI is InChI=1S/C12H14ClFN2O2.C7H8O3S/c13-9-5-7(1-2-10(9)14)8-6-16(12(17)18)4-3-11(8)15;1-6-2-4-7(5-3-6)11(8,9)10/h1-2,5,8,11H,3-4,6,15H2,(H,17,18);2-5H,1H3,(H,8,9,10). The molecule has 1 fully saturated rings. The molecule has 29 heavy (non-hydrogen) atoms. The van der Waals surface area contributed by atoms with Crippen LogP contribution in [0.1, 0.15) is 23.5 Å². The van der Waals surface area contributed by atoms with E-state index in [1.54, 1.807) is 18.2 Å². The van der Waals surface area contributed by atoms with Crippen LogP contribution in [0.2, 0.25) is 5.02 Å². The number of amides is 1. The average Bonchev–Trinajstić information content (AvgIpc) is 2.64. The molecule has 0 aliphatic carbocycles. The van der Waals surface area contributed by atoms with E-state index in [4.69, 9.17) is 27.0 Å². The molecule has 0 spiro atoms. The second kappa shape index (κ2) is 9.53. The van der Waals surface area contributed by atoms with Crippen LogP contribution in [0.5, 0.6) is 0 Å². The molecule has 2 aromatic rings. The van der Waals surface area contributed by atoms with Gasteiger partial charge in [-0.3, -0.25) is 4.55 Å². The summed E-state index contributed by atoms with van der Waals surface area (Å²) < 4.78 is 42.7. The smallest absolute Gasteiger partial charge is 0.407 e. The Balaban J connectivity index is 0.000000234. The van der Waals surface area contributed by atoms with Crippen molar-refractivity contribution in [2.75, 3.05) is 13.1 Å². The van der Waals surface area contributed by atoms with Gasteiger partial charge in [0.1, 0.15) is 5.82 Å². The van der Waals surface area contributed by atoms with Crippen LogP contribution in [0.15, 0.2) is 47.4 Å². The third-order valence-electron chi connectivity index (χ3n) is 4.63. The molecule has 1 aliphatic rings. The van der Waals surface area contributed by atoms with Crippen molar-refractivity contribution < 1.29 is 27.3 Å². The number of carboxylic acid groups (broad SMARTS) is 1. The lowest BCUT2D eigenvalue weighted by molar-refractivity contribution is 0.126. The zero-order valence-electron chi connectivity index (χ0n) is 15.6. The number of rotatable bonds is 2. The number of likely N-dealkylation sites (tertiary alicyclic amines) is 1. The summed E-state index contributed by atoms with van der Waals surface area (Å²) in [5, 5.41) is 9.02. The summed E-state index contributed by atoms with van der Waals surface area (Å²) in [7, 11) is -4.02. The van der Waals surface area contributed by atoms with Gasteiger partial charge in [0.2, 0.25) is 0 Å². The summed E-state index contributed by atoms with van der Waals surface area (Å²) in [6.07, 6.45) is -0.369. The molecule has 2 aromatic carbocycles. The highest BCUT2D eigenvalue weighted by atomic mass is 35.5. The molecular weight excluding hydrogens is 423 g/mol. The van der Waals surface area contributed by atoms with E-state index >= 15 is 0 Å². The third kappa shape index (κ3) is 6.40. The predicted molar refractivity (Wildman–Crippen MR) is 107 cm³/mol. The summed E-state index contributed by atoms with van der Waals surface area (Å²) in [6, 6.07) is 10.3. The fourth-order valence-corrected chi connectivity index (χ4v) is 3.62. The Labute approximate surface area is 173 Å². The van der Waals surface area contributed by atoms with Gasteiger partial charge in [0.25, 0.3) is 10.1 Å². The Morgan fingerprint density at radius 2 is 1.86 bits per heavy atom. The summed E-state index contributed by atoms with van der Waals surface area (Å²) in [5.74, 6) is -0.632. The molecule has 0 bridgehead atoms. The maximum Gasteiger partial charge on any atom is 0.407 e. The van der Waals surface area contributed by atoms with Crippen LogP contribution in [0.25, 0.3) is 0 Å². The van der Waals surface area contributed by atoms with E-state index in [-0.39, 0.29) is 21.9 Å². The molecule has 2 unspecified atom stereocenters. The number of piperidine rings is 1. The molecule has 10 heteroatoms. The molecule has 4 N–H and O–H groups in total. The van der Waals surface area contributed by atoms with Crippen LogP contribution in [0.3, 0.4) is 0 Å². The molecule has 0 saturated carbocycles. The molecule has 1 saturated heterocycles. The van der Waals surface area contributed by atoms with Gasteiger partial charge in [0, 0.05) is 25.0 Å². The van der Waals surface area contributed by atoms with Crippen molar-refractivity contribution in [3.8, 4) is 0 Å². The van der Waals surface area contributed by atoms with E-state index in [0.29, 0.717) is 19.5 Å². The van der Waals surface area contributed by atoms with Gasteiger partial charge in [-0.1, -0.05) is 35.4 Å². The molecule has 0 radical (unpaired) electrons. The normalized spacial score (nSPS) is 19.3. The first-order valence-electron chi connectivity index (χ1n) is 8.71. The van der Waals surface area contributed by atoms with Crippen molar-refractivity contribution in [2.45, 2.75) is 30.2 Å². The molecule has 0 aromatic heterocycles. The highest BCUT2D eigenvalue weighted by molar-refractivity contribution is 7.85. The number of nitrogens with zero attached hydrogens (tertiary/aromatic N) is 1. The molecule has 1 heterocycles. The first-order valence-corrected chi connectivity index (χ1v) is 10.5. The van der Waals surface area contributed by atoms with Gasteiger partial charge >= 0.3 is 6.09 Å². The minimum atomic E-state index is -4.02. The van der Waals surface area contributed by atoms with Gasteiger partial charge in [0.15, 0.2) is 0 Å². The Bertz CT molecular complexity index is 969. The van der Waals surface area contributed by atoms with Crippen molar-refractivity contribution in [1.82, 2.24) is 4.90 Å². The minimum Gasteiger partial charge on any atom is -0.465 e. The van der Waals surface area contributed by atoms with E-state index in [2.05, 4.69) is 0 Å². The number of hydrogen-bond acceptors (Lipinski definition) is 4. The molecule has 7 nitrogen and oxygen atoms in total. The summed E-state index contributed by atoms with van der Waals surface area (Å²) in [6.45, 7) is 2.59. The van der Waals surface area contributed by atoms with Crippen molar-refractivity contribution >= 4 is 27.8 Å². The maximum absolute atomic E-state index is 13.1. The zero-order valence-corrected chi connectivity index (χ0v) is 17.2. The summed E-state index contributed by atoms with van der Waals surface area (Å²) in [4.78, 5) is 12.2. The lowest BCUT2D eigenvalue weighted by Gasteiger charge is -2.35. The molecular formula is C19H22ClFN2O5S. The van der Waals surface area contributed by atoms with Gasteiger partial charge in [-0.25, -0.2) is 9.18 Å². The van der Waals surface area contributed by atoms with Crippen molar-refractivity contribution in [2.24, 2.45) is 5.73 Å². The monoisotopic (exact) mass is 444 g/mol. The third-order valence-corrected chi connectivity index (χ3v) is 5.78. The highest BCUT2D eigenvalue weighted by Gasteiger charge is 2.30. The molecule has 1 amide bonds.